The number of aromatic nitrogens is 1. The fraction of sp³-hybridized carbons (Fsp3) is 0.167. The van der Waals surface area contributed by atoms with E-state index < -0.39 is 0 Å². The van der Waals surface area contributed by atoms with Crippen LogP contribution in [0, 0.1) is 0 Å². The summed E-state index contributed by atoms with van der Waals surface area (Å²) >= 11 is 1.63. The van der Waals surface area contributed by atoms with Crippen LogP contribution in [-0.2, 0) is 0 Å². The molecule has 1 aliphatic heterocycles. The third kappa shape index (κ3) is 2.45. The van der Waals surface area contributed by atoms with Crippen molar-refractivity contribution < 1.29 is 0 Å². The smallest absolute Gasteiger partial charge is 0.221 e. The van der Waals surface area contributed by atoms with E-state index in [2.05, 4.69) is 87.9 Å². The number of thiazole rings is 1. The summed E-state index contributed by atoms with van der Waals surface area (Å²) in [4.78, 5) is 4.52. The van der Waals surface area contributed by atoms with E-state index >= 15 is 0 Å². The van der Waals surface area contributed by atoms with Gasteiger partial charge in [-0.05, 0) is 17.7 Å². The number of benzene rings is 2. The second kappa shape index (κ2) is 6.24. The van der Waals surface area contributed by atoms with E-state index in [0.717, 1.165) is 10.8 Å². The highest BCUT2D eigenvalue weighted by Crippen LogP contribution is 2.40. The molecule has 4 rings (SSSR count). The first-order chi connectivity index (χ1) is 11.8. The Morgan fingerprint density at radius 1 is 0.917 bits per heavy atom. The highest BCUT2D eigenvalue weighted by molar-refractivity contribution is 7.13. The predicted octanol–water partition coefficient (Wildman–Crippen LogP) is 3.78. The summed E-state index contributed by atoms with van der Waals surface area (Å²) in [6.45, 7) is 0. The summed E-state index contributed by atoms with van der Waals surface area (Å²) in [5.74, 6) is 0. The van der Waals surface area contributed by atoms with Gasteiger partial charge in [0.2, 0.25) is 5.13 Å². The van der Waals surface area contributed by atoms with Crippen molar-refractivity contribution in [3.05, 3.63) is 77.8 Å². The first-order valence-corrected chi connectivity index (χ1v) is 8.70. The van der Waals surface area contributed by atoms with Crippen LogP contribution in [-0.4, -0.2) is 29.2 Å². The molecule has 2 aromatic carbocycles. The van der Waals surface area contributed by atoms with Crippen molar-refractivity contribution in [2.24, 2.45) is 0 Å². The van der Waals surface area contributed by atoms with Crippen molar-refractivity contribution in [2.75, 3.05) is 24.2 Å². The highest BCUT2D eigenvalue weighted by Gasteiger charge is 2.43. The van der Waals surface area contributed by atoms with Gasteiger partial charge in [-0.25, -0.2) is 9.99 Å². The van der Waals surface area contributed by atoms with Crippen molar-refractivity contribution in [1.29, 1.82) is 0 Å². The summed E-state index contributed by atoms with van der Waals surface area (Å²) in [7, 11) is 4.15. The lowest BCUT2D eigenvalue weighted by Gasteiger charge is -2.33. The molecule has 1 fully saturated rings. The quantitative estimate of drug-likeness (QED) is 0.725. The normalized spacial score (nSPS) is 19.2. The summed E-state index contributed by atoms with van der Waals surface area (Å²) in [5, 5.41) is 11.6. The molecular weight excluding hydrogens is 318 g/mol. The number of hydrogen-bond donors (Lipinski definition) is 0. The number of hydrogen-bond acceptors (Lipinski definition) is 6. The van der Waals surface area contributed by atoms with Crippen molar-refractivity contribution in [2.45, 2.75) is 6.17 Å². The second-order valence-electron chi connectivity index (χ2n) is 5.63. The van der Waals surface area contributed by atoms with E-state index in [-0.39, 0.29) is 6.17 Å². The molecule has 1 unspecified atom stereocenters. The molecule has 0 N–H and O–H groups in total. The van der Waals surface area contributed by atoms with Crippen LogP contribution in [0.25, 0.3) is 0 Å². The minimum absolute atomic E-state index is 0.0579. The Balaban J connectivity index is 1.85. The minimum atomic E-state index is 0.0579. The topological polar surface area (TPSA) is 25.9 Å². The summed E-state index contributed by atoms with van der Waals surface area (Å²) < 4.78 is 0. The van der Waals surface area contributed by atoms with E-state index in [9.17, 15) is 0 Å². The molecule has 6 heteroatoms. The van der Waals surface area contributed by atoms with Gasteiger partial charge >= 0.3 is 0 Å². The molecule has 0 spiro atoms. The second-order valence-corrected chi connectivity index (χ2v) is 6.50. The average molecular weight is 337 g/mol. The zero-order valence-electron chi connectivity index (χ0n) is 13.6. The van der Waals surface area contributed by atoms with E-state index in [4.69, 9.17) is 0 Å². The molecule has 5 nitrogen and oxygen atoms in total. The molecule has 24 heavy (non-hydrogen) atoms. The Morgan fingerprint density at radius 2 is 1.58 bits per heavy atom. The molecule has 1 saturated heterocycles. The van der Waals surface area contributed by atoms with Crippen LogP contribution in [0.15, 0.2) is 72.2 Å². The molecular formula is C18H19N5S. The number of anilines is 2. The first kappa shape index (κ1) is 15.1. The van der Waals surface area contributed by atoms with Gasteiger partial charge in [-0.15, -0.1) is 16.5 Å². The lowest BCUT2D eigenvalue weighted by atomic mass is 10.1. The fourth-order valence-electron chi connectivity index (χ4n) is 3.04. The Labute approximate surface area is 145 Å². The van der Waals surface area contributed by atoms with Gasteiger partial charge in [-0.3, -0.25) is 0 Å². The molecule has 1 aromatic heterocycles. The van der Waals surface area contributed by atoms with Crippen LogP contribution >= 0.6 is 11.3 Å². The Kier molecular flexibility index (Phi) is 3.93. The number of para-hydroxylation sites is 1. The molecule has 0 radical (unpaired) electrons. The molecule has 3 aromatic rings. The number of hydrazine groups is 3. The molecule has 1 atom stereocenters. The van der Waals surface area contributed by atoms with Gasteiger partial charge in [0, 0.05) is 25.7 Å². The van der Waals surface area contributed by atoms with Gasteiger partial charge in [0.1, 0.15) is 6.17 Å². The molecule has 0 saturated carbocycles. The molecule has 122 valence electrons. The number of nitrogens with zero attached hydrogens (tertiary/aromatic N) is 5. The van der Waals surface area contributed by atoms with Gasteiger partial charge in [-0.1, -0.05) is 48.5 Å². The van der Waals surface area contributed by atoms with Crippen LogP contribution in [0.2, 0.25) is 0 Å². The number of rotatable bonds is 3. The maximum atomic E-state index is 4.52. The zero-order valence-corrected chi connectivity index (χ0v) is 14.5. The van der Waals surface area contributed by atoms with Crippen molar-refractivity contribution in [3.8, 4) is 0 Å². The van der Waals surface area contributed by atoms with Crippen LogP contribution < -0.4 is 10.1 Å². The monoisotopic (exact) mass is 337 g/mol. The molecule has 0 amide bonds. The van der Waals surface area contributed by atoms with E-state index in [1.54, 1.807) is 11.3 Å². The summed E-state index contributed by atoms with van der Waals surface area (Å²) in [6, 6.07) is 21.0. The van der Waals surface area contributed by atoms with Gasteiger partial charge in [0.25, 0.3) is 0 Å². The van der Waals surface area contributed by atoms with Crippen LogP contribution in [0.5, 0.6) is 0 Å². The Morgan fingerprint density at radius 3 is 2.21 bits per heavy atom. The summed E-state index contributed by atoms with van der Waals surface area (Å²) in [5.41, 5.74) is 2.35. The SMILES string of the molecule is CN1C(c2ccccc2)N(c2ccccc2)N(c2nccs2)N1C. The largest absolute Gasteiger partial charge is 0.244 e. The van der Waals surface area contributed by atoms with E-state index in [1.807, 2.05) is 23.7 Å². The van der Waals surface area contributed by atoms with Crippen LogP contribution in [0.3, 0.4) is 0 Å². The Hall–Kier alpha value is -2.41. The van der Waals surface area contributed by atoms with Crippen LogP contribution in [0.1, 0.15) is 11.7 Å². The van der Waals surface area contributed by atoms with Crippen LogP contribution in [0.4, 0.5) is 10.8 Å². The fourth-order valence-corrected chi connectivity index (χ4v) is 3.70. The lowest BCUT2D eigenvalue weighted by molar-refractivity contribution is 0.0431. The maximum Gasteiger partial charge on any atom is 0.221 e. The minimum Gasteiger partial charge on any atom is -0.244 e. The highest BCUT2D eigenvalue weighted by atomic mass is 32.1. The van der Waals surface area contributed by atoms with Crippen molar-refractivity contribution in [3.63, 3.8) is 0 Å². The van der Waals surface area contributed by atoms with Crippen molar-refractivity contribution in [1.82, 2.24) is 15.1 Å². The van der Waals surface area contributed by atoms with Gasteiger partial charge in [0.15, 0.2) is 0 Å². The van der Waals surface area contributed by atoms with E-state index in [0.29, 0.717) is 0 Å². The third-order valence-electron chi connectivity index (χ3n) is 4.23. The van der Waals surface area contributed by atoms with E-state index in [1.165, 1.54) is 5.56 Å². The average Bonchev–Trinajstić information content (AvgIpc) is 3.24. The molecule has 0 bridgehead atoms. The van der Waals surface area contributed by atoms with Gasteiger partial charge < -0.3 is 0 Å². The Bertz CT molecular complexity index is 778. The first-order valence-electron chi connectivity index (χ1n) is 7.82. The summed E-state index contributed by atoms with van der Waals surface area (Å²) in [6.07, 6.45) is 1.90. The van der Waals surface area contributed by atoms with Gasteiger partial charge in [0.05, 0.1) is 5.69 Å². The molecule has 2 heterocycles. The van der Waals surface area contributed by atoms with Gasteiger partial charge in [-0.2, -0.15) is 10.1 Å². The molecule has 0 aliphatic carbocycles. The van der Waals surface area contributed by atoms with Crippen molar-refractivity contribution >= 4 is 22.2 Å². The lowest BCUT2D eigenvalue weighted by Crippen LogP contribution is -2.45. The predicted molar refractivity (Wildman–Crippen MR) is 98.2 cm³/mol. The molecule has 1 aliphatic rings. The standard InChI is InChI=1S/C18H19N5S/c1-20-17(15-9-5-3-6-10-15)22(16-11-7-4-8-12-16)23(21(20)2)18-19-13-14-24-18/h3-14,17H,1-2H3. The zero-order chi connectivity index (χ0) is 16.5. The third-order valence-corrected chi connectivity index (χ3v) is 4.97. The maximum absolute atomic E-state index is 4.52.